The van der Waals surface area contributed by atoms with Crippen LogP contribution in [-0.4, -0.2) is 33.9 Å². The van der Waals surface area contributed by atoms with Gasteiger partial charge in [-0.1, -0.05) is 6.42 Å². The molecule has 1 aromatic rings. The lowest BCUT2D eigenvalue weighted by molar-refractivity contribution is 0.0937. The van der Waals surface area contributed by atoms with Gasteiger partial charge in [-0.15, -0.1) is 0 Å². The molecule has 0 spiro atoms. The molecular formula is C13H21N3O2. The average molecular weight is 251 g/mol. The number of hydrogen-bond donors (Lipinski definition) is 2. The Kier molecular flexibility index (Phi) is 4.01. The van der Waals surface area contributed by atoms with Crippen molar-refractivity contribution in [3.05, 3.63) is 17.5 Å². The third kappa shape index (κ3) is 2.72. The van der Waals surface area contributed by atoms with Crippen molar-refractivity contribution in [2.24, 2.45) is 18.9 Å². The third-order valence-corrected chi connectivity index (χ3v) is 3.83. The number of aliphatic hydroxyl groups excluding tert-OH is 1. The summed E-state index contributed by atoms with van der Waals surface area (Å²) < 4.78 is 1.65. The highest BCUT2D eigenvalue weighted by atomic mass is 16.3. The summed E-state index contributed by atoms with van der Waals surface area (Å²) in [6.07, 6.45) is 5.06. The highest BCUT2D eigenvalue weighted by Gasteiger charge is 2.27. The van der Waals surface area contributed by atoms with Gasteiger partial charge in [-0.25, -0.2) is 0 Å². The number of amides is 1. The molecule has 2 unspecified atom stereocenters. The van der Waals surface area contributed by atoms with E-state index < -0.39 is 0 Å². The maximum Gasteiger partial charge on any atom is 0.254 e. The lowest BCUT2D eigenvalue weighted by Gasteiger charge is -2.17. The fourth-order valence-corrected chi connectivity index (χ4v) is 2.76. The molecule has 1 heterocycles. The fraction of sp³-hybridized carbons (Fsp3) is 0.692. The molecule has 0 radical (unpaired) electrons. The summed E-state index contributed by atoms with van der Waals surface area (Å²) in [5.41, 5.74) is 1.39. The van der Waals surface area contributed by atoms with Gasteiger partial charge >= 0.3 is 0 Å². The van der Waals surface area contributed by atoms with Crippen LogP contribution in [0.25, 0.3) is 0 Å². The van der Waals surface area contributed by atoms with Crippen LogP contribution in [0.3, 0.4) is 0 Å². The Balaban J connectivity index is 1.90. The van der Waals surface area contributed by atoms with Crippen molar-refractivity contribution in [1.29, 1.82) is 0 Å². The second-order valence-electron chi connectivity index (χ2n) is 5.15. The number of nitrogens with one attached hydrogen (secondary N) is 1. The molecule has 2 rings (SSSR count). The van der Waals surface area contributed by atoms with E-state index >= 15 is 0 Å². The predicted molar refractivity (Wildman–Crippen MR) is 68.2 cm³/mol. The fourth-order valence-electron chi connectivity index (χ4n) is 2.76. The van der Waals surface area contributed by atoms with Crippen molar-refractivity contribution in [2.75, 3.05) is 13.2 Å². The first-order chi connectivity index (χ1) is 8.61. The number of aliphatic hydroxyl groups is 1. The van der Waals surface area contributed by atoms with E-state index in [9.17, 15) is 9.90 Å². The Bertz CT molecular complexity index is 428. The van der Waals surface area contributed by atoms with Crippen LogP contribution >= 0.6 is 0 Å². The van der Waals surface area contributed by atoms with E-state index in [1.807, 2.05) is 14.0 Å². The summed E-state index contributed by atoms with van der Waals surface area (Å²) in [6, 6.07) is 0. The quantitative estimate of drug-likeness (QED) is 0.834. The molecule has 1 amide bonds. The number of nitrogens with zero attached hydrogens (tertiary/aromatic N) is 2. The summed E-state index contributed by atoms with van der Waals surface area (Å²) in [5.74, 6) is 0.695. The van der Waals surface area contributed by atoms with Crippen LogP contribution < -0.4 is 5.32 Å². The number of aromatic nitrogens is 2. The SMILES string of the molecule is Cc1nn(C)cc1C(=O)NCC1CCCC1CO. The van der Waals surface area contributed by atoms with E-state index in [4.69, 9.17) is 0 Å². The predicted octanol–water partition coefficient (Wildman–Crippen LogP) is 0.867. The van der Waals surface area contributed by atoms with Gasteiger partial charge in [0.05, 0.1) is 11.3 Å². The molecule has 0 bridgehead atoms. The van der Waals surface area contributed by atoms with Crippen LogP contribution in [0.4, 0.5) is 0 Å². The monoisotopic (exact) mass is 251 g/mol. The van der Waals surface area contributed by atoms with Gasteiger partial charge in [0.15, 0.2) is 0 Å². The van der Waals surface area contributed by atoms with Crippen LogP contribution in [0.5, 0.6) is 0 Å². The zero-order chi connectivity index (χ0) is 13.1. The number of carbonyl (C=O) groups is 1. The molecule has 0 aliphatic heterocycles. The molecule has 0 saturated heterocycles. The normalized spacial score (nSPS) is 23.3. The Morgan fingerprint density at radius 3 is 2.89 bits per heavy atom. The maximum absolute atomic E-state index is 12.0. The lowest BCUT2D eigenvalue weighted by atomic mass is 9.97. The second-order valence-corrected chi connectivity index (χ2v) is 5.15. The van der Waals surface area contributed by atoms with Crippen molar-refractivity contribution in [2.45, 2.75) is 26.2 Å². The molecule has 1 saturated carbocycles. The van der Waals surface area contributed by atoms with E-state index in [-0.39, 0.29) is 12.5 Å². The molecule has 100 valence electrons. The van der Waals surface area contributed by atoms with Gasteiger partial charge in [-0.2, -0.15) is 5.10 Å². The van der Waals surface area contributed by atoms with Crippen molar-refractivity contribution < 1.29 is 9.90 Å². The first kappa shape index (κ1) is 13.1. The highest BCUT2D eigenvalue weighted by Crippen LogP contribution is 2.30. The molecule has 1 aliphatic carbocycles. The van der Waals surface area contributed by atoms with E-state index in [1.165, 1.54) is 0 Å². The topological polar surface area (TPSA) is 67.2 Å². The maximum atomic E-state index is 12.0. The van der Waals surface area contributed by atoms with Crippen LogP contribution in [-0.2, 0) is 7.05 Å². The van der Waals surface area contributed by atoms with E-state index in [0.717, 1.165) is 25.0 Å². The Morgan fingerprint density at radius 2 is 2.28 bits per heavy atom. The van der Waals surface area contributed by atoms with Gasteiger partial charge < -0.3 is 10.4 Å². The second kappa shape index (κ2) is 5.52. The number of aryl methyl sites for hydroxylation is 2. The van der Waals surface area contributed by atoms with Gasteiger partial charge in [0.1, 0.15) is 0 Å². The van der Waals surface area contributed by atoms with Gasteiger partial charge in [-0.05, 0) is 31.6 Å². The van der Waals surface area contributed by atoms with Crippen LogP contribution in [0.2, 0.25) is 0 Å². The molecular weight excluding hydrogens is 230 g/mol. The minimum atomic E-state index is -0.0656. The summed E-state index contributed by atoms with van der Waals surface area (Å²) in [4.78, 5) is 12.0. The average Bonchev–Trinajstić information content (AvgIpc) is 2.92. The summed E-state index contributed by atoms with van der Waals surface area (Å²) in [7, 11) is 1.81. The number of carbonyl (C=O) groups excluding carboxylic acids is 1. The van der Waals surface area contributed by atoms with E-state index in [0.29, 0.717) is 23.9 Å². The summed E-state index contributed by atoms with van der Waals surface area (Å²) >= 11 is 0. The zero-order valence-electron chi connectivity index (χ0n) is 11.0. The lowest BCUT2D eigenvalue weighted by Crippen LogP contribution is -2.31. The smallest absolute Gasteiger partial charge is 0.254 e. The molecule has 1 aliphatic rings. The van der Waals surface area contributed by atoms with Crippen LogP contribution in [0, 0.1) is 18.8 Å². The van der Waals surface area contributed by atoms with Gasteiger partial charge in [0, 0.05) is 26.4 Å². The summed E-state index contributed by atoms with van der Waals surface area (Å²) in [6.45, 7) is 2.71. The van der Waals surface area contributed by atoms with Gasteiger partial charge in [0.2, 0.25) is 0 Å². The minimum absolute atomic E-state index is 0.0656. The zero-order valence-corrected chi connectivity index (χ0v) is 11.0. The third-order valence-electron chi connectivity index (χ3n) is 3.83. The molecule has 5 nitrogen and oxygen atoms in total. The molecule has 2 N–H and O–H groups in total. The first-order valence-electron chi connectivity index (χ1n) is 6.51. The van der Waals surface area contributed by atoms with E-state index in [2.05, 4.69) is 10.4 Å². The van der Waals surface area contributed by atoms with E-state index in [1.54, 1.807) is 10.9 Å². The first-order valence-corrected chi connectivity index (χ1v) is 6.51. The van der Waals surface area contributed by atoms with Crippen molar-refractivity contribution in [3.63, 3.8) is 0 Å². The standard InChI is InChI=1S/C13H21N3O2/c1-9-12(7-16(2)15-9)13(18)14-6-10-4-3-5-11(10)8-17/h7,10-11,17H,3-6,8H2,1-2H3,(H,14,18). The van der Waals surface area contributed by atoms with Crippen molar-refractivity contribution in [3.8, 4) is 0 Å². The Labute approximate surface area is 107 Å². The Morgan fingerprint density at radius 1 is 1.56 bits per heavy atom. The molecule has 1 fully saturated rings. The van der Waals surface area contributed by atoms with Crippen molar-refractivity contribution >= 4 is 5.91 Å². The molecule has 5 heteroatoms. The Hall–Kier alpha value is -1.36. The van der Waals surface area contributed by atoms with Crippen LogP contribution in [0.1, 0.15) is 35.3 Å². The summed E-state index contributed by atoms with van der Waals surface area (Å²) in [5, 5.41) is 16.4. The molecule has 1 aromatic heterocycles. The van der Waals surface area contributed by atoms with Crippen molar-refractivity contribution in [1.82, 2.24) is 15.1 Å². The van der Waals surface area contributed by atoms with Gasteiger partial charge in [-0.3, -0.25) is 9.48 Å². The largest absolute Gasteiger partial charge is 0.396 e. The van der Waals surface area contributed by atoms with Gasteiger partial charge in [0.25, 0.3) is 5.91 Å². The van der Waals surface area contributed by atoms with Crippen LogP contribution in [0.15, 0.2) is 6.20 Å². The molecule has 2 atom stereocenters. The minimum Gasteiger partial charge on any atom is -0.396 e. The molecule has 0 aromatic carbocycles. The highest BCUT2D eigenvalue weighted by molar-refractivity contribution is 5.94. The number of rotatable bonds is 4. The number of hydrogen-bond acceptors (Lipinski definition) is 3. The molecule has 18 heavy (non-hydrogen) atoms.